The monoisotopic (exact) mass is 649 g/mol. The predicted molar refractivity (Wildman–Crippen MR) is 146 cm³/mol. The molecule has 2 heterocycles. The molecule has 1 saturated heterocycles. The van der Waals surface area contributed by atoms with Crippen LogP contribution >= 0.6 is 46.0 Å². The van der Waals surface area contributed by atoms with Crippen LogP contribution in [-0.2, 0) is 11.3 Å². The Kier molecular flexibility index (Phi) is 7.31. The molecule has 8 nitrogen and oxygen atoms in total. The van der Waals surface area contributed by atoms with E-state index in [1.807, 2.05) is 22.6 Å². The van der Waals surface area contributed by atoms with Crippen molar-refractivity contribution in [1.29, 1.82) is 0 Å². The van der Waals surface area contributed by atoms with Crippen molar-refractivity contribution in [2.24, 2.45) is 0 Å². The first-order chi connectivity index (χ1) is 17.8. The lowest BCUT2D eigenvalue weighted by Crippen LogP contribution is -2.27. The summed E-state index contributed by atoms with van der Waals surface area (Å²) in [6.45, 7) is 0.0820. The molecule has 2 amide bonds. The predicted octanol–water partition coefficient (Wildman–Crippen LogP) is 6.14. The van der Waals surface area contributed by atoms with Crippen molar-refractivity contribution in [1.82, 2.24) is 4.90 Å². The number of hydrogen-bond acceptors (Lipinski definition) is 8. The van der Waals surface area contributed by atoms with Gasteiger partial charge in [-0.3, -0.25) is 14.5 Å². The average molecular weight is 650 g/mol. The molecule has 188 valence electrons. The fraction of sp³-hybridized carbons (Fsp3) is 0.115. The molecule has 0 atom stereocenters. The van der Waals surface area contributed by atoms with Gasteiger partial charge in [0.25, 0.3) is 11.1 Å². The number of esters is 1. The lowest BCUT2D eigenvalue weighted by atomic mass is 10.1. The summed E-state index contributed by atoms with van der Waals surface area (Å²) in [5.74, 6) is 0.638. The molecule has 1 fully saturated rings. The van der Waals surface area contributed by atoms with Crippen LogP contribution in [0.2, 0.25) is 5.02 Å². The number of amides is 2. The van der Waals surface area contributed by atoms with Gasteiger partial charge in [0.1, 0.15) is 0 Å². The van der Waals surface area contributed by atoms with Crippen LogP contribution < -0.4 is 18.9 Å². The number of fused-ring (bicyclic) bond motifs is 1. The third-order valence-electron chi connectivity index (χ3n) is 5.50. The summed E-state index contributed by atoms with van der Waals surface area (Å²) in [5, 5.41) is -0.0488. The molecule has 3 aromatic carbocycles. The Bertz CT molecular complexity index is 1460. The number of rotatable bonds is 6. The summed E-state index contributed by atoms with van der Waals surface area (Å²) < 4.78 is 22.3. The third-order valence-corrected chi connectivity index (χ3v) is 7.56. The van der Waals surface area contributed by atoms with Crippen LogP contribution in [0.25, 0.3) is 6.08 Å². The molecule has 0 saturated carbocycles. The van der Waals surface area contributed by atoms with E-state index in [2.05, 4.69) is 0 Å². The average Bonchev–Trinajstić information content (AvgIpc) is 3.44. The second kappa shape index (κ2) is 10.6. The van der Waals surface area contributed by atoms with Crippen molar-refractivity contribution in [2.45, 2.75) is 6.54 Å². The minimum atomic E-state index is -0.520. The maximum atomic E-state index is 13.1. The van der Waals surface area contributed by atoms with Crippen LogP contribution in [0, 0.1) is 3.57 Å². The first-order valence-corrected chi connectivity index (χ1v) is 13.1. The largest absolute Gasteiger partial charge is 0.493 e. The molecule has 37 heavy (non-hydrogen) atoms. The minimum Gasteiger partial charge on any atom is -0.493 e. The number of thioether (sulfide) groups is 1. The van der Waals surface area contributed by atoms with Crippen LogP contribution in [0.1, 0.15) is 21.5 Å². The zero-order valence-electron chi connectivity index (χ0n) is 19.2. The van der Waals surface area contributed by atoms with E-state index >= 15 is 0 Å². The number of methoxy groups -OCH3 is 1. The lowest BCUT2D eigenvalue weighted by molar-refractivity contribution is -0.123. The van der Waals surface area contributed by atoms with E-state index in [-0.39, 0.29) is 24.0 Å². The molecule has 11 heteroatoms. The Morgan fingerprint density at radius 3 is 2.59 bits per heavy atom. The van der Waals surface area contributed by atoms with Crippen molar-refractivity contribution in [3.8, 4) is 23.0 Å². The van der Waals surface area contributed by atoms with Gasteiger partial charge < -0.3 is 18.9 Å². The second-order valence-corrected chi connectivity index (χ2v) is 10.4. The summed E-state index contributed by atoms with van der Waals surface area (Å²) in [6.07, 6.45) is 1.60. The molecular weight excluding hydrogens is 633 g/mol. The van der Waals surface area contributed by atoms with E-state index in [1.165, 1.54) is 7.11 Å². The molecule has 0 spiro atoms. The van der Waals surface area contributed by atoms with Crippen LogP contribution in [0.3, 0.4) is 0 Å². The van der Waals surface area contributed by atoms with Gasteiger partial charge in [-0.1, -0.05) is 29.8 Å². The van der Waals surface area contributed by atoms with E-state index in [0.717, 1.165) is 16.7 Å². The SMILES string of the molecule is COc1cc(/C=C2\SC(=O)N(Cc3cc4c(cc3Cl)OCO4)C2=O)cc(I)c1OC(=O)c1ccccc1. The molecular formula is C26H17ClINO7S. The smallest absolute Gasteiger partial charge is 0.343 e. The Morgan fingerprint density at radius 1 is 1.14 bits per heavy atom. The number of ether oxygens (including phenoxy) is 4. The lowest BCUT2D eigenvalue weighted by Gasteiger charge is -2.14. The highest BCUT2D eigenvalue weighted by atomic mass is 127. The number of carbonyl (C=O) groups excluding carboxylic acids is 3. The van der Waals surface area contributed by atoms with Crippen molar-refractivity contribution in [3.05, 3.63) is 84.8 Å². The maximum absolute atomic E-state index is 13.1. The van der Waals surface area contributed by atoms with Crippen molar-refractivity contribution in [3.63, 3.8) is 0 Å². The first-order valence-electron chi connectivity index (χ1n) is 10.8. The van der Waals surface area contributed by atoms with Gasteiger partial charge in [-0.15, -0.1) is 0 Å². The number of nitrogens with zero attached hydrogens (tertiary/aromatic N) is 1. The van der Waals surface area contributed by atoms with Gasteiger partial charge >= 0.3 is 5.97 Å². The summed E-state index contributed by atoms with van der Waals surface area (Å²) >= 11 is 9.19. The van der Waals surface area contributed by atoms with Gasteiger partial charge in [0.05, 0.1) is 27.7 Å². The Morgan fingerprint density at radius 2 is 1.86 bits per heavy atom. The first kappa shape index (κ1) is 25.4. The maximum Gasteiger partial charge on any atom is 0.343 e. The Balaban J connectivity index is 1.37. The van der Waals surface area contributed by atoms with Gasteiger partial charge in [0, 0.05) is 11.1 Å². The van der Waals surface area contributed by atoms with Gasteiger partial charge in [0.2, 0.25) is 6.79 Å². The number of carbonyl (C=O) groups is 3. The van der Waals surface area contributed by atoms with E-state index in [1.54, 1.807) is 60.7 Å². The number of imide groups is 1. The zero-order valence-corrected chi connectivity index (χ0v) is 22.9. The molecule has 0 radical (unpaired) electrons. The summed E-state index contributed by atoms with van der Waals surface area (Å²) in [6, 6.07) is 15.3. The van der Waals surface area contributed by atoms with E-state index in [4.69, 9.17) is 30.5 Å². The fourth-order valence-corrected chi connectivity index (χ4v) is 5.47. The van der Waals surface area contributed by atoms with Crippen LogP contribution in [0.4, 0.5) is 4.79 Å². The molecule has 5 rings (SSSR count). The number of benzene rings is 3. The highest BCUT2D eigenvalue weighted by Gasteiger charge is 2.36. The summed E-state index contributed by atoms with van der Waals surface area (Å²) in [4.78, 5) is 39.7. The van der Waals surface area contributed by atoms with Gasteiger partial charge in [-0.05, 0) is 81.9 Å². The molecule has 0 bridgehead atoms. The molecule has 0 unspecified atom stereocenters. The summed E-state index contributed by atoms with van der Waals surface area (Å²) in [7, 11) is 1.46. The normalized spacial score (nSPS) is 15.4. The van der Waals surface area contributed by atoms with Gasteiger partial charge in [0.15, 0.2) is 23.0 Å². The number of halogens is 2. The fourth-order valence-electron chi connectivity index (χ4n) is 3.69. The molecule has 0 N–H and O–H groups in total. The minimum absolute atomic E-state index is 0.00723. The molecule has 2 aliphatic rings. The van der Waals surface area contributed by atoms with E-state index < -0.39 is 17.1 Å². The van der Waals surface area contributed by atoms with Crippen molar-refractivity contribution in [2.75, 3.05) is 13.9 Å². The van der Waals surface area contributed by atoms with Gasteiger partial charge in [-0.25, -0.2) is 4.79 Å². The van der Waals surface area contributed by atoms with Crippen LogP contribution in [0.15, 0.2) is 59.5 Å². The Labute approximate surface area is 234 Å². The topological polar surface area (TPSA) is 91.4 Å². The molecule has 0 aliphatic carbocycles. The molecule has 3 aromatic rings. The van der Waals surface area contributed by atoms with E-state index in [0.29, 0.717) is 42.5 Å². The van der Waals surface area contributed by atoms with Crippen molar-refractivity contribution >= 4 is 69.1 Å². The van der Waals surface area contributed by atoms with Crippen LogP contribution in [0.5, 0.6) is 23.0 Å². The second-order valence-electron chi connectivity index (χ2n) is 7.85. The third kappa shape index (κ3) is 5.27. The molecule has 0 aromatic heterocycles. The van der Waals surface area contributed by atoms with Crippen molar-refractivity contribution < 1.29 is 33.3 Å². The van der Waals surface area contributed by atoms with Gasteiger partial charge in [-0.2, -0.15) is 0 Å². The van der Waals surface area contributed by atoms with Crippen LogP contribution in [-0.4, -0.2) is 35.9 Å². The summed E-state index contributed by atoms with van der Waals surface area (Å²) in [5.41, 5.74) is 1.57. The number of hydrogen-bond donors (Lipinski definition) is 0. The quantitative estimate of drug-likeness (QED) is 0.136. The zero-order chi connectivity index (χ0) is 26.1. The highest BCUT2D eigenvalue weighted by Crippen LogP contribution is 2.40. The standard InChI is InChI=1S/C26H17ClINO7S/c1-33-21-8-14(7-18(28)23(21)36-25(31)15-5-3-2-4-6-15)9-22-24(30)29(26(32)37-22)12-16-10-19-20(11-17(16)27)35-13-34-19/h2-11H,12-13H2,1H3/b22-9-. The molecule has 2 aliphatic heterocycles. The van der Waals surface area contributed by atoms with E-state index in [9.17, 15) is 14.4 Å². The Hall–Kier alpha value is -3.22. The highest BCUT2D eigenvalue weighted by molar-refractivity contribution is 14.1.